The van der Waals surface area contributed by atoms with Crippen LogP contribution in [0.1, 0.15) is 37.4 Å². The molecule has 0 radical (unpaired) electrons. The number of hydrogen-bond acceptors (Lipinski definition) is 3. The van der Waals surface area contributed by atoms with Crippen LogP contribution < -0.4 is 0 Å². The van der Waals surface area contributed by atoms with E-state index in [4.69, 9.17) is 4.98 Å². The van der Waals surface area contributed by atoms with Gasteiger partial charge in [-0.25, -0.2) is 0 Å². The lowest BCUT2D eigenvalue weighted by atomic mass is 9.99. The van der Waals surface area contributed by atoms with E-state index in [9.17, 15) is 9.90 Å². The number of benzene rings is 2. The zero-order valence-corrected chi connectivity index (χ0v) is 17.3. The van der Waals surface area contributed by atoms with Crippen molar-refractivity contribution in [3.63, 3.8) is 0 Å². The van der Waals surface area contributed by atoms with Crippen molar-refractivity contribution in [2.24, 2.45) is 0 Å². The fraction of sp³-hybridized carbons (Fsp3) is 0.304. The van der Waals surface area contributed by atoms with E-state index in [0.29, 0.717) is 25.7 Å². The average Bonchev–Trinajstić information content (AvgIpc) is 2.68. The first-order chi connectivity index (χ1) is 13.0. The number of carbonyl (C=O) groups excluding carboxylic acids is 1. The number of aromatic nitrogens is 1. The van der Waals surface area contributed by atoms with Gasteiger partial charge in [-0.1, -0.05) is 43.3 Å². The van der Waals surface area contributed by atoms with Crippen LogP contribution >= 0.6 is 15.9 Å². The minimum absolute atomic E-state index is 0.144. The van der Waals surface area contributed by atoms with Gasteiger partial charge in [-0.05, 0) is 59.0 Å². The Morgan fingerprint density at radius 3 is 2.63 bits per heavy atom. The second-order valence-electron chi connectivity index (χ2n) is 6.91. The maximum Gasteiger partial charge on any atom is 0.137 e. The number of rotatable bonds is 7. The second kappa shape index (κ2) is 8.77. The molecule has 0 aliphatic heterocycles. The van der Waals surface area contributed by atoms with Crippen LogP contribution in [0, 0.1) is 6.92 Å². The number of Topliss-reactive ketones (excluding diaryl/α,β-unsaturated/α-hetero) is 1. The van der Waals surface area contributed by atoms with Gasteiger partial charge in [-0.15, -0.1) is 0 Å². The van der Waals surface area contributed by atoms with Crippen molar-refractivity contribution in [1.82, 2.24) is 4.98 Å². The molecule has 0 aliphatic rings. The third-order valence-electron chi connectivity index (χ3n) is 4.90. The smallest absolute Gasteiger partial charge is 0.137 e. The molecule has 0 fully saturated rings. The largest absolute Gasteiger partial charge is 0.393 e. The summed E-state index contributed by atoms with van der Waals surface area (Å²) in [5, 5.41) is 10.7. The van der Waals surface area contributed by atoms with E-state index in [-0.39, 0.29) is 5.78 Å². The number of halogens is 1. The molecular formula is C23H24BrNO2. The Labute approximate surface area is 168 Å². The highest BCUT2D eigenvalue weighted by molar-refractivity contribution is 9.10. The topological polar surface area (TPSA) is 50.2 Å². The molecule has 1 N–H and O–H groups in total. The molecule has 0 spiro atoms. The SMILES string of the molecule is CCC(O)CCC(=O)Cc1ccc2nc(C)c(-c3ccccc3)cc2c1Br. The van der Waals surface area contributed by atoms with Crippen molar-refractivity contribution in [1.29, 1.82) is 0 Å². The standard InChI is InChI=1S/C23H24BrNO2/c1-3-18(26)10-11-19(27)13-17-9-12-22-21(23(17)24)14-20(15(2)25-22)16-7-5-4-6-8-16/h4-9,12,14,18,26H,3,10-11,13H2,1-2H3. The number of pyridine rings is 1. The van der Waals surface area contributed by atoms with Crippen LogP contribution in [0.5, 0.6) is 0 Å². The van der Waals surface area contributed by atoms with Crippen LogP contribution in [0.2, 0.25) is 0 Å². The van der Waals surface area contributed by atoms with Crippen molar-refractivity contribution in [3.05, 3.63) is 64.3 Å². The first-order valence-corrected chi connectivity index (χ1v) is 10.1. The van der Waals surface area contributed by atoms with Gasteiger partial charge in [0, 0.05) is 34.0 Å². The van der Waals surface area contributed by atoms with Crippen LogP contribution in [-0.4, -0.2) is 22.0 Å². The third kappa shape index (κ3) is 4.63. The van der Waals surface area contributed by atoms with Gasteiger partial charge >= 0.3 is 0 Å². The summed E-state index contributed by atoms with van der Waals surface area (Å²) in [5.74, 6) is 0.144. The Morgan fingerprint density at radius 2 is 1.93 bits per heavy atom. The van der Waals surface area contributed by atoms with Crippen LogP contribution in [0.3, 0.4) is 0 Å². The molecule has 0 saturated heterocycles. The summed E-state index contributed by atoms with van der Waals surface area (Å²) >= 11 is 3.69. The van der Waals surface area contributed by atoms with Crippen LogP contribution in [0.15, 0.2) is 53.0 Å². The van der Waals surface area contributed by atoms with Gasteiger partial charge in [0.15, 0.2) is 0 Å². The highest BCUT2D eigenvalue weighted by Crippen LogP contribution is 2.32. The zero-order valence-electron chi connectivity index (χ0n) is 15.7. The molecule has 4 heteroatoms. The Morgan fingerprint density at radius 1 is 1.19 bits per heavy atom. The lowest BCUT2D eigenvalue weighted by molar-refractivity contribution is -0.119. The van der Waals surface area contributed by atoms with E-state index >= 15 is 0 Å². The Hall–Kier alpha value is -2.04. The van der Waals surface area contributed by atoms with E-state index in [2.05, 4.69) is 34.1 Å². The van der Waals surface area contributed by atoms with E-state index in [1.807, 2.05) is 44.2 Å². The number of fused-ring (bicyclic) bond motifs is 1. The molecule has 0 saturated carbocycles. The van der Waals surface area contributed by atoms with Gasteiger partial charge in [0.2, 0.25) is 0 Å². The molecule has 3 aromatic rings. The zero-order chi connectivity index (χ0) is 19.4. The van der Waals surface area contributed by atoms with Crippen LogP contribution in [0.4, 0.5) is 0 Å². The molecule has 3 nitrogen and oxygen atoms in total. The molecule has 1 heterocycles. The predicted molar refractivity (Wildman–Crippen MR) is 114 cm³/mol. The summed E-state index contributed by atoms with van der Waals surface area (Å²) in [4.78, 5) is 17.1. The number of aliphatic hydroxyl groups excluding tert-OH is 1. The van der Waals surface area contributed by atoms with E-state index in [0.717, 1.165) is 37.8 Å². The van der Waals surface area contributed by atoms with Crippen LogP contribution in [0.25, 0.3) is 22.0 Å². The summed E-state index contributed by atoms with van der Waals surface area (Å²) in [7, 11) is 0. The quantitative estimate of drug-likeness (QED) is 0.532. The molecule has 1 aromatic heterocycles. The van der Waals surface area contributed by atoms with E-state index < -0.39 is 6.10 Å². The van der Waals surface area contributed by atoms with E-state index in [1.165, 1.54) is 0 Å². The van der Waals surface area contributed by atoms with Crippen molar-refractivity contribution in [2.75, 3.05) is 0 Å². The second-order valence-corrected chi connectivity index (χ2v) is 7.70. The number of hydrogen-bond donors (Lipinski definition) is 1. The summed E-state index contributed by atoms with van der Waals surface area (Å²) in [5.41, 5.74) is 5.09. The van der Waals surface area contributed by atoms with Gasteiger partial charge < -0.3 is 5.11 Å². The molecule has 3 rings (SSSR count). The van der Waals surface area contributed by atoms with Gasteiger partial charge in [-0.3, -0.25) is 9.78 Å². The summed E-state index contributed by atoms with van der Waals surface area (Å²) < 4.78 is 0.925. The average molecular weight is 426 g/mol. The van der Waals surface area contributed by atoms with Crippen molar-refractivity contribution < 1.29 is 9.90 Å². The maximum absolute atomic E-state index is 12.3. The molecule has 1 atom stereocenters. The molecular weight excluding hydrogens is 402 g/mol. The first kappa shape index (κ1) is 19.7. The molecule has 140 valence electrons. The summed E-state index contributed by atoms with van der Waals surface area (Å²) in [6, 6.07) is 16.3. The molecule has 27 heavy (non-hydrogen) atoms. The maximum atomic E-state index is 12.3. The lowest BCUT2D eigenvalue weighted by Crippen LogP contribution is -2.10. The van der Waals surface area contributed by atoms with Gasteiger partial charge in [0.05, 0.1) is 11.6 Å². The number of aryl methyl sites for hydroxylation is 1. The molecule has 0 aliphatic carbocycles. The highest BCUT2D eigenvalue weighted by atomic mass is 79.9. The summed E-state index contributed by atoms with van der Waals surface area (Å²) in [6.45, 7) is 3.94. The highest BCUT2D eigenvalue weighted by Gasteiger charge is 2.14. The Kier molecular flexibility index (Phi) is 6.40. The van der Waals surface area contributed by atoms with Crippen molar-refractivity contribution in [3.8, 4) is 11.1 Å². The van der Waals surface area contributed by atoms with Crippen molar-refractivity contribution in [2.45, 2.75) is 45.6 Å². The lowest BCUT2D eigenvalue weighted by Gasteiger charge is -2.12. The van der Waals surface area contributed by atoms with Crippen molar-refractivity contribution >= 4 is 32.6 Å². The number of nitrogens with zero attached hydrogens (tertiary/aromatic N) is 1. The predicted octanol–water partition coefficient (Wildman–Crippen LogP) is 5.64. The Bertz CT molecular complexity index is 953. The fourth-order valence-electron chi connectivity index (χ4n) is 3.23. The summed E-state index contributed by atoms with van der Waals surface area (Å²) in [6.07, 6.45) is 1.58. The monoisotopic (exact) mass is 425 g/mol. The molecule has 1 unspecified atom stereocenters. The van der Waals surface area contributed by atoms with Gasteiger partial charge in [-0.2, -0.15) is 0 Å². The Balaban J connectivity index is 1.92. The number of aliphatic hydroxyl groups is 1. The number of carbonyl (C=O) groups is 1. The van der Waals surface area contributed by atoms with E-state index in [1.54, 1.807) is 0 Å². The van der Waals surface area contributed by atoms with Crippen LogP contribution in [-0.2, 0) is 11.2 Å². The molecule has 2 aromatic carbocycles. The number of ketones is 1. The third-order valence-corrected chi connectivity index (χ3v) is 5.84. The first-order valence-electron chi connectivity index (χ1n) is 9.33. The van der Waals surface area contributed by atoms with Gasteiger partial charge in [0.25, 0.3) is 0 Å². The fourth-order valence-corrected chi connectivity index (χ4v) is 3.82. The minimum Gasteiger partial charge on any atom is -0.393 e. The molecule has 0 amide bonds. The molecule has 0 bridgehead atoms. The normalized spacial score (nSPS) is 12.3. The van der Waals surface area contributed by atoms with Gasteiger partial charge in [0.1, 0.15) is 5.78 Å². The minimum atomic E-state index is -0.394.